The van der Waals surface area contributed by atoms with E-state index in [-0.39, 0.29) is 32.2 Å². The van der Waals surface area contributed by atoms with Crippen molar-refractivity contribution in [2.75, 3.05) is 36.5 Å². The number of rotatable bonds is 9. The number of pyridine rings is 1. The van der Waals surface area contributed by atoms with Gasteiger partial charge in [-0.1, -0.05) is 36.4 Å². The lowest BCUT2D eigenvalue weighted by Gasteiger charge is -2.22. The molecule has 0 aliphatic carbocycles. The predicted octanol–water partition coefficient (Wildman–Crippen LogP) is 5.76. The first-order valence-corrected chi connectivity index (χ1v) is 12.7. The van der Waals surface area contributed by atoms with Gasteiger partial charge in [0.25, 0.3) is 5.91 Å². The Hall–Kier alpha value is -4.51. The van der Waals surface area contributed by atoms with Gasteiger partial charge in [0.05, 0.1) is 24.3 Å². The molecule has 0 aliphatic heterocycles. The van der Waals surface area contributed by atoms with E-state index < -0.39 is 18.0 Å². The second kappa shape index (κ2) is 13.3. The number of ether oxygens (including phenoxy) is 2. The Morgan fingerprint density at radius 2 is 1.69 bits per heavy atom. The first-order chi connectivity index (χ1) is 18.9. The van der Waals surface area contributed by atoms with Crippen molar-refractivity contribution < 1.29 is 28.2 Å². The third kappa shape index (κ3) is 7.74. The van der Waals surface area contributed by atoms with E-state index in [4.69, 9.17) is 9.47 Å². The maximum atomic E-state index is 13.5. The van der Waals surface area contributed by atoms with Gasteiger partial charge < -0.3 is 14.8 Å². The van der Waals surface area contributed by atoms with Crippen LogP contribution in [0.3, 0.4) is 0 Å². The molecule has 39 heavy (non-hydrogen) atoms. The van der Waals surface area contributed by atoms with Gasteiger partial charge in [-0.2, -0.15) is 0 Å². The highest BCUT2D eigenvalue weighted by Crippen LogP contribution is 2.23. The fourth-order valence-corrected chi connectivity index (χ4v) is 4.04. The van der Waals surface area contributed by atoms with E-state index >= 15 is 0 Å². The summed E-state index contributed by atoms with van der Waals surface area (Å²) in [5.41, 5.74) is 1.29. The van der Waals surface area contributed by atoms with Gasteiger partial charge in [-0.15, -0.1) is 0 Å². The third-order valence-corrected chi connectivity index (χ3v) is 5.95. The fourth-order valence-electron chi connectivity index (χ4n) is 3.68. The van der Waals surface area contributed by atoms with Gasteiger partial charge in [-0.25, -0.2) is 14.0 Å². The van der Waals surface area contributed by atoms with E-state index in [0.717, 1.165) is 10.8 Å². The highest BCUT2D eigenvalue weighted by molar-refractivity contribution is 9.10. The number of hydrogen-bond donors (Lipinski definition) is 2. The molecule has 2 N–H and O–H groups in total. The van der Waals surface area contributed by atoms with Crippen molar-refractivity contribution in [2.24, 2.45) is 0 Å². The van der Waals surface area contributed by atoms with E-state index in [9.17, 15) is 18.8 Å². The van der Waals surface area contributed by atoms with Crippen LogP contribution in [0.25, 0.3) is 10.8 Å². The Bertz CT molecular complexity index is 1460. The molecule has 0 atom stereocenters. The van der Waals surface area contributed by atoms with E-state index in [1.165, 1.54) is 35.4 Å². The molecule has 0 unspecified atom stereocenters. The number of halogens is 2. The molecule has 0 bridgehead atoms. The molecular formula is C28H24BrFN4O5. The number of nitrogens with zero attached hydrogens (tertiary/aromatic N) is 2. The lowest BCUT2D eigenvalue weighted by molar-refractivity contribution is 0.0935. The van der Waals surface area contributed by atoms with Crippen LogP contribution in [0.15, 0.2) is 89.7 Å². The number of anilines is 2. The van der Waals surface area contributed by atoms with Crippen molar-refractivity contribution in [3.63, 3.8) is 0 Å². The number of nitrogens with one attached hydrogen (secondary N) is 2. The number of fused-ring (bicyclic) bond motifs is 1. The zero-order valence-electron chi connectivity index (χ0n) is 20.6. The van der Waals surface area contributed by atoms with Crippen LogP contribution in [0, 0.1) is 5.82 Å². The zero-order chi connectivity index (χ0) is 27.6. The lowest BCUT2D eigenvalue weighted by atomic mass is 10.1. The molecule has 3 amide bonds. The highest BCUT2D eigenvalue weighted by Gasteiger charge is 2.19. The number of benzene rings is 3. The van der Waals surface area contributed by atoms with Crippen LogP contribution in [0.2, 0.25) is 0 Å². The summed E-state index contributed by atoms with van der Waals surface area (Å²) in [6.07, 6.45) is 1.53. The average molecular weight is 595 g/mol. The summed E-state index contributed by atoms with van der Waals surface area (Å²) in [7, 11) is 0. The van der Waals surface area contributed by atoms with Crippen molar-refractivity contribution >= 4 is 56.2 Å². The Morgan fingerprint density at radius 1 is 0.923 bits per heavy atom. The largest absolute Gasteiger partial charge is 0.447 e. The summed E-state index contributed by atoms with van der Waals surface area (Å²) in [4.78, 5) is 42.6. The minimum Gasteiger partial charge on any atom is -0.447 e. The van der Waals surface area contributed by atoms with Crippen LogP contribution in [0.5, 0.6) is 0 Å². The summed E-state index contributed by atoms with van der Waals surface area (Å²) in [6, 6.07) is 19.9. The van der Waals surface area contributed by atoms with E-state index in [1.807, 2.05) is 36.4 Å². The number of carbonyl (C=O) groups excluding carboxylic acids is 3. The Labute approximate surface area is 232 Å². The number of amides is 3. The quantitative estimate of drug-likeness (QED) is 0.238. The first kappa shape index (κ1) is 27.5. The Kier molecular flexibility index (Phi) is 9.41. The molecule has 0 saturated carbocycles. The van der Waals surface area contributed by atoms with Crippen LogP contribution in [-0.4, -0.2) is 49.4 Å². The molecule has 0 radical (unpaired) electrons. The topological polar surface area (TPSA) is 110 Å². The van der Waals surface area contributed by atoms with Gasteiger partial charge in [0.1, 0.15) is 19.0 Å². The van der Waals surface area contributed by atoms with Gasteiger partial charge >= 0.3 is 12.2 Å². The zero-order valence-corrected chi connectivity index (χ0v) is 22.2. The van der Waals surface area contributed by atoms with E-state index in [2.05, 4.69) is 31.5 Å². The van der Waals surface area contributed by atoms with E-state index in [1.54, 1.807) is 18.3 Å². The van der Waals surface area contributed by atoms with Crippen LogP contribution in [0.1, 0.15) is 10.4 Å². The SMILES string of the molecule is O=C(Nc1cccc2ccccc12)OCCN(C(=O)OCCNC(=O)c1cncc(Br)c1)c1ccc(F)cc1. The molecule has 200 valence electrons. The molecule has 0 aliphatic rings. The summed E-state index contributed by atoms with van der Waals surface area (Å²) < 4.78 is 24.7. The molecule has 0 spiro atoms. The monoisotopic (exact) mass is 594 g/mol. The Morgan fingerprint density at radius 3 is 2.49 bits per heavy atom. The minimum absolute atomic E-state index is 0.0521. The molecule has 1 aromatic heterocycles. The fraction of sp³-hybridized carbons (Fsp3) is 0.143. The van der Waals surface area contributed by atoms with Gasteiger partial charge in [0.15, 0.2) is 0 Å². The standard InChI is InChI=1S/C28H24BrFN4O5/c29-21-16-20(17-31-18-21)26(35)32-12-14-39-28(37)34(23-10-8-22(30)9-11-23)13-15-38-27(36)33-25-7-3-5-19-4-1-2-6-24(19)25/h1-11,16-18H,12-15H2,(H,32,35)(H,33,36). The summed E-state index contributed by atoms with van der Waals surface area (Å²) in [5, 5.41) is 7.17. The van der Waals surface area contributed by atoms with Gasteiger partial charge in [0, 0.05) is 27.9 Å². The molecule has 3 aromatic carbocycles. The molecular weight excluding hydrogens is 571 g/mol. The number of aromatic nitrogens is 1. The molecule has 11 heteroatoms. The van der Waals surface area contributed by atoms with Crippen molar-refractivity contribution in [1.29, 1.82) is 0 Å². The summed E-state index contributed by atoms with van der Waals surface area (Å²) >= 11 is 3.25. The van der Waals surface area contributed by atoms with Crippen molar-refractivity contribution in [3.8, 4) is 0 Å². The minimum atomic E-state index is -0.752. The molecule has 1 heterocycles. The maximum Gasteiger partial charge on any atom is 0.414 e. The van der Waals surface area contributed by atoms with E-state index in [0.29, 0.717) is 21.4 Å². The highest BCUT2D eigenvalue weighted by atomic mass is 79.9. The van der Waals surface area contributed by atoms with Crippen LogP contribution >= 0.6 is 15.9 Å². The average Bonchev–Trinajstić information content (AvgIpc) is 2.94. The number of hydrogen-bond acceptors (Lipinski definition) is 6. The normalized spacial score (nSPS) is 10.5. The van der Waals surface area contributed by atoms with Crippen LogP contribution in [0.4, 0.5) is 25.4 Å². The third-order valence-electron chi connectivity index (χ3n) is 5.51. The van der Waals surface area contributed by atoms with Crippen LogP contribution in [-0.2, 0) is 9.47 Å². The molecule has 4 aromatic rings. The number of carbonyl (C=O) groups is 3. The second-order valence-corrected chi connectivity index (χ2v) is 9.09. The second-order valence-electron chi connectivity index (χ2n) is 8.18. The molecule has 4 rings (SSSR count). The smallest absolute Gasteiger partial charge is 0.414 e. The lowest BCUT2D eigenvalue weighted by Crippen LogP contribution is -2.37. The predicted molar refractivity (Wildman–Crippen MR) is 148 cm³/mol. The molecule has 0 saturated heterocycles. The summed E-state index contributed by atoms with van der Waals surface area (Å²) in [6.45, 7) is -0.274. The maximum absolute atomic E-state index is 13.5. The molecule has 0 fully saturated rings. The van der Waals surface area contributed by atoms with Gasteiger partial charge in [-0.3, -0.25) is 20.0 Å². The van der Waals surface area contributed by atoms with Crippen LogP contribution < -0.4 is 15.5 Å². The Balaban J connectivity index is 1.31. The van der Waals surface area contributed by atoms with Crippen molar-refractivity contribution in [2.45, 2.75) is 0 Å². The van der Waals surface area contributed by atoms with Crippen molar-refractivity contribution in [3.05, 3.63) is 101 Å². The van der Waals surface area contributed by atoms with Gasteiger partial charge in [0.2, 0.25) is 0 Å². The van der Waals surface area contributed by atoms with Crippen molar-refractivity contribution in [1.82, 2.24) is 10.3 Å². The molecule has 9 nitrogen and oxygen atoms in total. The summed E-state index contributed by atoms with van der Waals surface area (Å²) in [5.74, 6) is -0.844. The first-order valence-electron chi connectivity index (χ1n) is 11.9. The van der Waals surface area contributed by atoms with Gasteiger partial charge in [-0.05, 0) is 57.7 Å².